The normalized spacial score (nSPS) is 23.8. The summed E-state index contributed by atoms with van der Waals surface area (Å²) in [5, 5.41) is 13.9. The zero-order valence-electron chi connectivity index (χ0n) is 15.3. The van der Waals surface area contributed by atoms with Crippen LogP contribution in [0.3, 0.4) is 0 Å². The maximum Gasteiger partial charge on any atom is 0.287 e. The lowest BCUT2D eigenvalue weighted by Crippen LogP contribution is -2.46. The molecule has 0 bridgehead atoms. The zero-order chi connectivity index (χ0) is 18.5. The fraction of sp³-hybridized carbons (Fsp3) is 0.667. The Balaban J connectivity index is 1.54. The van der Waals surface area contributed by atoms with Crippen LogP contribution in [0.4, 0.5) is 11.5 Å². The van der Waals surface area contributed by atoms with Crippen molar-refractivity contribution in [3.8, 4) is 0 Å². The lowest BCUT2D eigenvalue weighted by Gasteiger charge is -2.33. The first-order chi connectivity index (χ1) is 12.6. The van der Waals surface area contributed by atoms with Crippen molar-refractivity contribution in [3.05, 3.63) is 28.4 Å². The number of nitrogens with one attached hydrogen (secondary N) is 1. The van der Waals surface area contributed by atoms with E-state index < -0.39 is 4.92 Å². The molecule has 1 aromatic rings. The van der Waals surface area contributed by atoms with Gasteiger partial charge in [0.25, 0.3) is 5.69 Å². The number of nitro groups is 1. The van der Waals surface area contributed by atoms with Gasteiger partial charge in [0.2, 0.25) is 5.91 Å². The molecule has 142 valence electrons. The molecule has 0 aliphatic carbocycles. The van der Waals surface area contributed by atoms with Gasteiger partial charge in [-0.25, -0.2) is 4.98 Å². The van der Waals surface area contributed by atoms with Crippen LogP contribution < -0.4 is 10.2 Å². The van der Waals surface area contributed by atoms with E-state index in [1.54, 1.807) is 6.07 Å². The predicted molar refractivity (Wildman–Crippen MR) is 99.1 cm³/mol. The minimum Gasteiger partial charge on any atom is -0.356 e. The van der Waals surface area contributed by atoms with E-state index in [4.69, 9.17) is 0 Å². The number of likely N-dealkylation sites (N-methyl/N-ethyl adjacent to an activating group) is 1. The Labute approximate surface area is 153 Å². The Bertz CT molecular complexity index is 636. The molecule has 2 saturated heterocycles. The van der Waals surface area contributed by atoms with Crippen LogP contribution in [0.15, 0.2) is 18.3 Å². The molecule has 2 aliphatic heterocycles. The second-order valence-corrected chi connectivity index (χ2v) is 7.09. The van der Waals surface area contributed by atoms with Crippen molar-refractivity contribution in [1.29, 1.82) is 0 Å². The standard InChI is InChI=1S/C18H27N5O3/c1-2-21-9-4-6-15(21)11-20-18(24)14-5-3-10-22(13-14)17-8-7-16(12-19-17)23(25)26/h7-8,12,14-15H,2-6,9-11,13H2,1H3,(H,20,24)/t14-,15+/m1/s1. The third-order valence-corrected chi connectivity index (χ3v) is 5.48. The van der Waals surface area contributed by atoms with Gasteiger partial charge in [-0.15, -0.1) is 0 Å². The van der Waals surface area contributed by atoms with Crippen LogP contribution in [0.5, 0.6) is 0 Å². The molecule has 0 spiro atoms. The van der Waals surface area contributed by atoms with Crippen molar-refractivity contribution in [2.45, 2.75) is 38.6 Å². The summed E-state index contributed by atoms with van der Waals surface area (Å²) in [6.07, 6.45) is 5.42. The number of carbonyl (C=O) groups is 1. The molecule has 0 saturated carbocycles. The summed E-state index contributed by atoms with van der Waals surface area (Å²) >= 11 is 0. The maximum atomic E-state index is 12.6. The average Bonchev–Trinajstić information content (AvgIpc) is 3.14. The van der Waals surface area contributed by atoms with Gasteiger partial charge >= 0.3 is 0 Å². The molecular formula is C18H27N5O3. The number of rotatable bonds is 6. The first-order valence-electron chi connectivity index (χ1n) is 9.45. The number of pyridine rings is 1. The molecule has 1 aromatic heterocycles. The minimum absolute atomic E-state index is 0.0166. The fourth-order valence-electron chi connectivity index (χ4n) is 3.98. The first-order valence-corrected chi connectivity index (χ1v) is 9.45. The van der Waals surface area contributed by atoms with E-state index >= 15 is 0 Å². The number of aromatic nitrogens is 1. The molecule has 3 heterocycles. The lowest BCUT2D eigenvalue weighted by atomic mass is 9.97. The second-order valence-electron chi connectivity index (χ2n) is 7.09. The van der Waals surface area contributed by atoms with Crippen LogP contribution in [-0.4, -0.2) is 59.5 Å². The third-order valence-electron chi connectivity index (χ3n) is 5.48. The molecule has 2 atom stereocenters. The Morgan fingerprint density at radius 1 is 1.35 bits per heavy atom. The molecule has 8 heteroatoms. The molecule has 0 aromatic carbocycles. The van der Waals surface area contributed by atoms with E-state index in [-0.39, 0.29) is 17.5 Å². The quantitative estimate of drug-likeness (QED) is 0.614. The molecular weight excluding hydrogens is 334 g/mol. The summed E-state index contributed by atoms with van der Waals surface area (Å²) in [7, 11) is 0. The Kier molecular flexibility index (Phi) is 6.03. The second kappa shape index (κ2) is 8.44. The van der Waals surface area contributed by atoms with Crippen molar-refractivity contribution < 1.29 is 9.72 Å². The molecule has 2 aliphatic rings. The summed E-state index contributed by atoms with van der Waals surface area (Å²) in [5.74, 6) is 0.748. The van der Waals surface area contributed by atoms with Crippen molar-refractivity contribution >= 4 is 17.4 Å². The number of nitrogens with zero attached hydrogens (tertiary/aromatic N) is 4. The van der Waals surface area contributed by atoms with Gasteiger partial charge in [-0.1, -0.05) is 6.92 Å². The zero-order valence-corrected chi connectivity index (χ0v) is 15.3. The minimum atomic E-state index is -0.453. The smallest absolute Gasteiger partial charge is 0.287 e. The summed E-state index contributed by atoms with van der Waals surface area (Å²) in [4.78, 5) is 31.6. The van der Waals surface area contributed by atoms with Crippen LogP contribution in [0.2, 0.25) is 0 Å². The van der Waals surface area contributed by atoms with E-state index in [1.165, 1.54) is 18.7 Å². The highest BCUT2D eigenvalue weighted by Crippen LogP contribution is 2.23. The predicted octanol–water partition coefficient (Wildman–Crippen LogP) is 1.81. The highest BCUT2D eigenvalue weighted by Gasteiger charge is 2.28. The van der Waals surface area contributed by atoms with Gasteiger partial charge in [0.05, 0.1) is 10.8 Å². The van der Waals surface area contributed by atoms with Crippen LogP contribution >= 0.6 is 0 Å². The average molecular weight is 361 g/mol. The van der Waals surface area contributed by atoms with Crippen LogP contribution in [-0.2, 0) is 4.79 Å². The molecule has 0 radical (unpaired) electrons. The fourth-order valence-corrected chi connectivity index (χ4v) is 3.98. The number of likely N-dealkylation sites (tertiary alicyclic amines) is 1. The largest absolute Gasteiger partial charge is 0.356 e. The summed E-state index contributed by atoms with van der Waals surface area (Å²) < 4.78 is 0. The van der Waals surface area contributed by atoms with Crippen LogP contribution in [0.1, 0.15) is 32.6 Å². The third kappa shape index (κ3) is 4.30. The van der Waals surface area contributed by atoms with Crippen molar-refractivity contribution in [1.82, 2.24) is 15.2 Å². The molecule has 1 amide bonds. The molecule has 26 heavy (non-hydrogen) atoms. The SMILES string of the molecule is CCN1CCC[C@H]1CNC(=O)[C@@H]1CCCN(c2ccc([N+](=O)[O-])cn2)C1. The number of hydrogen-bond donors (Lipinski definition) is 1. The van der Waals surface area contributed by atoms with Gasteiger partial charge in [0.15, 0.2) is 0 Å². The number of piperidine rings is 1. The molecule has 1 N–H and O–H groups in total. The maximum absolute atomic E-state index is 12.6. The van der Waals surface area contributed by atoms with Gasteiger partial charge in [0, 0.05) is 31.7 Å². The van der Waals surface area contributed by atoms with Gasteiger partial charge in [-0.05, 0) is 44.8 Å². The monoisotopic (exact) mass is 361 g/mol. The highest BCUT2D eigenvalue weighted by molar-refractivity contribution is 5.79. The lowest BCUT2D eigenvalue weighted by molar-refractivity contribution is -0.385. The van der Waals surface area contributed by atoms with Gasteiger partial charge in [-0.3, -0.25) is 19.8 Å². The Morgan fingerprint density at radius 2 is 2.15 bits per heavy atom. The van der Waals surface area contributed by atoms with Crippen molar-refractivity contribution in [2.24, 2.45) is 5.92 Å². The Morgan fingerprint density at radius 3 is 2.85 bits per heavy atom. The van der Waals surface area contributed by atoms with Crippen molar-refractivity contribution in [3.63, 3.8) is 0 Å². The van der Waals surface area contributed by atoms with E-state index in [0.29, 0.717) is 18.4 Å². The number of carbonyl (C=O) groups excluding carboxylic acids is 1. The molecule has 0 unspecified atom stereocenters. The van der Waals surface area contributed by atoms with E-state index in [2.05, 4.69) is 22.1 Å². The Hall–Kier alpha value is -2.22. The first kappa shape index (κ1) is 18.6. The van der Waals surface area contributed by atoms with Gasteiger partial charge < -0.3 is 10.2 Å². The number of anilines is 1. The van der Waals surface area contributed by atoms with Gasteiger partial charge in [0.1, 0.15) is 12.0 Å². The molecule has 2 fully saturated rings. The van der Waals surface area contributed by atoms with Gasteiger partial charge in [-0.2, -0.15) is 0 Å². The van der Waals surface area contributed by atoms with E-state index in [1.807, 2.05) is 4.90 Å². The van der Waals surface area contributed by atoms with Crippen molar-refractivity contribution in [2.75, 3.05) is 37.6 Å². The van der Waals surface area contributed by atoms with E-state index in [0.717, 1.165) is 45.4 Å². The van der Waals surface area contributed by atoms with Crippen LogP contribution in [0.25, 0.3) is 0 Å². The number of hydrogen-bond acceptors (Lipinski definition) is 6. The van der Waals surface area contributed by atoms with Crippen LogP contribution in [0, 0.1) is 16.0 Å². The highest BCUT2D eigenvalue weighted by atomic mass is 16.6. The molecule has 8 nitrogen and oxygen atoms in total. The molecule has 3 rings (SSSR count). The number of amides is 1. The summed E-state index contributed by atoms with van der Waals surface area (Å²) in [5.41, 5.74) is -0.0166. The summed E-state index contributed by atoms with van der Waals surface area (Å²) in [6, 6.07) is 3.58. The summed E-state index contributed by atoms with van der Waals surface area (Å²) in [6.45, 7) is 6.47. The topological polar surface area (TPSA) is 91.6 Å². The van der Waals surface area contributed by atoms with E-state index in [9.17, 15) is 14.9 Å².